The standard InChI is InChI=1S/C28H34O11/c1-16-20(29)21(30)23(32)28(37-16)36-15-19-25(39-26(34)18-12-6-3-7-13-18)22(31)24(33)27(38-19)35-14-8-11-17-9-4-2-5-10-17/h2-13,16,19-25,27-33H,14-15H2,1H3/b11-8+/t16-,19+,20-,21+,22+,23+,24+,25+,27+,28+/m0/s1. The van der Waals surface area contributed by atoms with Gasteiger partial charge in [0.1, 0.15) is 36.6 Å². The van der Waals surface area contributed by atoms with Crippen LogP contribution in [-0.4, -0.2) is 106 Å². The third-order valence-corrected chi connectivity index (χ3v) is 6.59. The first-order valence-corrected chi connectivity index (χ1v) is 12.7. The van der Waals surface area contributed by atoms with Gasteiger partial charge in [0, 0.05) is 0 Å². The van der Waals surface area contributed by atoms with E-state index in [0.717, 1.165) is 5.56 Å². The van der Waals surface area contributed by atoms with Crippen LogP contribution >= 0.6 is 0 Å². The fourth-order valence-electron chi connectivity index (χ4n) is 4.33. The highest BCUT2D eigenvalue weighted by Crippen LogP contribution is 2.28. The second kappa shape index (κ2) is 13.6. The molecule has 5 N–H and O–H groups in total. The Balaban J connectivity index is 1.45. The van der Waals surface area contributed by atoms with Gasteiger partial charge in [0.25, 0.3) is 0 Å². The number of rotatable bonds is 9. The van der Waals surface area contributed by atoms with E-state index < -0.39 is 67.4 Å². The summed E-state index contributed by atoms with van der Waals surface area (Å²) in [6, 6.07) is 17.6. The van der Waals surface area contributed by atoms with Crippen molar-refractivity contribution in [1.82, 2.24) is 0 Å². The Hall–Kier alpha value is -2.71. The van der Waals surface area contributed by atoms with Gasteiger partial charge in [-0.2, -0.15) is 0 Å². The van der Waals surface area contributed by atoms with Crippen LogP contribution < -0.4 is 0 Å². The third kappa shape index (κ3) is 7.28. The number of carbonyl (C=O) groups excluding carboxylic acids is 1. The zero-order valence-electron chi connectivity index (χ0n) is 21.3. The summed E-state index contributed by atoms with van der Waals surface area (Å²) in [5, 5.41) is 51.9. The lowest BCUT2D eigenvalue weighted by Crippen LogP contribution is -2.62. The first-order chi connectivity index (χ1) is 18.8. The molecule has 39 heavy (non-hydrogen) atoms. The number of benzene rings is 2. The molecule has 0 aromatic heterocycles. The van der Waals surface area contributed by atoms with Crippen molar-refractivity contribution in [2.24, 2.45) is 0 Å². The lowest BCUT2D eigenvalue weighted by atomic mass is 9.98. The van der Waals surface area contributed by atoms with Crippen molar-refractivity contribution in [3.05, 3.63) is 77.9 Å². The van der Waals surface area contributed by atoms with Crippen molar-refractivity contribution >= 4 is 12.0 Å². The molecule has 2 aromatic carbocycles. The van der Waals surface area contributed by atoms with Gasteiger partial charge in [-0.05, 0) is 24.6 Å². The molecule has 2 aromatic rings. The van der Waals surface area contributed by atoms with Crippen molar-refractivity contribution < 1.29 is 54.0 Å². The molecule has 0 spiro atoms. The Morgan fingerprint density at radius 2 is 1.41 bits per heavy atom. The summed E-state index contributed by atoms with van der Waals surface area (Å²) in [6.45, 7) is 1.16. The lowest BCUT2D eigenvalue weighted by molar-refractivity contribution is -0.326. The fourth-order valence-corrected chi connectivity index (χ4v) is 4.33. The van der Waals surface area contributed by atoms with Gasteiger partial charge in [0.15, 0.2) is 18.7 Å². The van der Waals surface area contributed by atoms with Crippen molar-refractivity contribution in [2.75, 3.05) is 13.2 Å². The van der Waals surface area contributed by atoms with Gasteiger partial charge >= 0.3 is 5.97 Å². The molecule has 2 aliphatic heterocycles. The molecule has 0 amide bonds. The van der Waals surface area contributed by atoms with E-state index in [-0.39, 0.29) is 18.8 Å². The van der Waals surface area contributed by atoms with Gasteiger partial charge in [-0.1, -0.05) is 60.7 Å². The van der Waals surface area contributed by atoms with Crippen molar-refractivity contribution in [3.8, 4) is 0 Å². The van der Waals surface area contributed by atoms with Crippen LogP contribution in [0, 0.1) is 0 Å². The van der Waals surface area contributed by atoms with E-state index in [9.17, 15) is 30.3 Å². The van der Waals surface area contributed by atoms with Crippen LogP contribution in [0.3, 0.4) is 0 Å². The van der Waals surface area contributed by atoms with Crippen LogP contribution in [0.15, 0.2) is 66.7 Å². The zero-order chi connectivity index (χ0) is 27.9. The summed E-state index contributed by atoms with van der Waals surface area (Å²) < 4.78 is 28.1. The molecular weight excluding hydrogens is 512 g/mol. The molecule has 2 aliphatic rings. The minimum absolute atomic E-state index is 0.0391. The van der Waals surface area contributed by atoms with Crippen LogP contribution in [0.4, 0.5) is 0 Å². The van der Waals surface area contributed by atoms with Gasteiger partial charge < -0.3 is 49.2 Å². The van der Waals surface area contributed by atoms with E-state index >= 15 is 0 Å². The van der Waals surface area contributed by atoms with Crippen molar-refractivity contribution in [3.63, 3.8) is 0 Å². The maximum absolute atomic E-state index is 12.7. The van der Waals surface area contributed by atoms with Gasteiger partial charge in [0.2, 0.25) is 0 Å². The molecule has 10 atom stereocenters. The van der Waals surface area contributed by atoms with Gasteiger partial charge in [0.05, 0.1) is 24.9 Å². The third-order valence-electron chi connectivity index (χ3n) is 6.59. The minimum atomic E-state index is -1.60. The molecule has 212 valence electrons. The molecule has 0 bridgehead atoms. The number of carbonyl (C=O) groups is 1. The van der Waals surface area contributed by atoms with Gasteiger partial charge in [-0.15, -0.1) is 0 Å². The summed E-state index contributed by atoms with van der Waals surface area (Å²) in [6.07, 6.45) is -10.1. The second-order valence-corrected chi connectivity index (χ2v) is 9.42. The zero-order valence-corrected chi connectivity index (χ0v) is 21.3. The number of aliphatic hydroxyl groups is 5. The number of esters is 1. The normalized spacial score (nSPS) is 35.1. The maximum atomic E-state index is 12.7. The Morgan fingerprint density at radius 1 is 0.795 bits per heavy atom. The minimum Gasteiger partial charge on any atom is -0.453 e. The van der Waals surface area contributed by atoms with Gasteiger partial charge in [-0.25, -0.2) is 4.79 Å². The highest BCUT2D eigenvalue weighted by Gasteiger charge is 2.49. The molecule has 2 fully saturated rings. The van der Waals surface area contributed by atoms with E-state index in [2.05, 4.69) is 0 Å². The topological polar surface area (TPSA) is 164 Å². The lowest BCUT2D eigenvalue weighted by Gasteiger charge is -2.43. The number of hydrogen-bond donors (Lipinski definition) is 5. The molecule has 2 saturated heterocycles. The SMILES string of the molecule is C[C@@H]1O[C@@H](OC[C@H]2O[C@@H](OC/C=C/c3ccccc3)[C@H](O)[C@@H](O)[C@@H]2OC(=O)c2ccccc2)[C@H](O)[C@H](O)[C@H]1O. The Bertz CT molecular complexity index is 1070. The highest BCUT2D eigenvalue weighted by molar-refractivity contribution is 5.89. The summed E-state index contributed by atoms with van der Waals surface area (Å²) in [5.41, 5.74) is 1.17. The summed E-state index contributed by atoms with van der Waals surface area (Å²) >= 11 is 0. The largest absolute Gasteiger partial charge is 0.453 e. The Morgan fingerprint density at radius 3 is 2.10 bits per heavy atom. The molecule has 0 unspecified atom stereocenters. The molecule has 4 rings (SSSR count). The summed E-state index contributed by atoms with van der Waals surface area (Å²) in [5.74, 6) is -0.758. The molecule has 11 heteroatoms. The fraction of sp³-hybridized carbons (Fsp3) is 0.464. The smallest absolute Gasteiger partial charge is 0.338 e. The van der Waals surface area contributed by atoms with E-state index in [1.165, 1.54) is 19.1 Å². The van der Waals surface area contributed by atoms with E-state index in [0.29, 0.717) is 0 Å². The van der Waals surface area contributed by atoms with Crippen molar-refractivity contribution in [2.45, 2.75) is 68.3 Å². The Kier molecular flexibility index (Phi) is 10.2. The first kappa shape index (κ1) is 29.3. The van der Waals surface area contributed by atoms with Crippen LogP contribution in [-0.2, 0) is 23.7 Å². The average Bonchev–Trinajstić information content (AvgIpc) is 2.96. The Labute approximate surface area is 225 Å². The first-order valence-electron chi connectivity index (χ1n) is 12.7. The second-order valence-electron chi connectivity index (χ2n) is 9.42. The molecule has 0 saturated carbocycles. The molecule has 0 aliphatic carbocycles. The van der Waals surface area contributed by atoms with E-state index in [1.54, 1.807) is 24.3 Å². The number of hydrogen-bond acceptors (Lipinski definition) is 11. The van der Waals surface area contributed by atoms with Crippen LogP contribution in [0.5, 0.6) is 0 Å². The molecule has 2 heterocycles. The molecule has 11 nitrogen and oxygen atoms in total. The molecule has 0 radical (unpaired) electrons. The van der Waals surface area contributed by atoms with E-state index in [4.69, 9.17) is 23.7 Å². The predicted molar refractivity (Wildman–Crippen MR) is 136 cm³/mol. The highest BCUT2D eigenvalue weighted by atomic mass is 16.7. The average molecular weight is 547 g/mol. The van der Waals surface area contributed by atoms with Crippen LogP contribution in [0.25, 0.3) is 6.08 Å². The van der Waals surface area contributed by atoms with Crippen molar-refractivity contribution in [1.29, 1.82) is 0 Å². The molecular formula is C28H34O11. The van der Waals surface area contributed by atoms with Crippen LogP contribution in [0.2, 0.25) is 0 Å². The maximum Gasteiger partial charge on any atom is 0.338 e. The number of aliphatic hydroxyl groups excluding tert-OH is 5. The number of ether oxygens (including phenoxy) is 5. The summed E-state index contributed by atoms with van der Waals surface area (Å²) in [4.78, 5) is 12.7. The predicted octanol–water partition coefficient (Wildman–Crippen LogP) is 0.233. The van der Waals surface area contributed by atoms with Crippen LogP contribution in [0.1, 0.15) is 22.8 Å². The van der Waals surface area contributed by atoms with E-state index in [1.807, 2.05) is 36.4 Å². The quantitative estimate of drug-likeness (QED) is 0.274. The van der Waals surface area contributed by atoms with Gasteiger partial charge in [-0.3, -0.25) is 0 Å². The monoisotopic (exact) mass is 546 g/mol. The summed E-state index contributed by atoms with van der Waals surface area (Å²) in [7, 11) is 0.